The molecule has 0 saturated carbocycles. The van der Waals surface area contributed by atoms with E-state index in [1.807, 2.05) is 17.5 Å². The van der Waals surface area contributed by atoms with Gasteiger partial charge >= 0.3 is 0 Å². The van der Waals surface area contributed by atoms with Crippen LogP contribution in [0.15, 0.2) is 45.0 Å². The van der Waals surface area contributed by atoms with Crippen molar-refractivity contribution in [2.24, 2.45) is 0 Å². The van der Waals surface area contributed by atoms with Gasteiger partial charge in [0, 0.05) is 25.3 Å². The van der Waals surface area contributed by atoms with E-state index in [9.17, 15) is 13.2 Å². The summed E-state index contributed by atoms with van der Waals surface area (Å²) >= 11 is 1.51. The van der Waals surface area contributed by atoms with E-state index in [-0.39, 0.29) is 5.91 Å². The molecular formula is C22H23N3O4S2. The number of rotatable bonds is 4. The van der Waals surface area contributed by atoms with Gasteiger partial charge < -0.3 is 9.32 Å². The highest BCUT2D eigenvalue weighted by Crippen LogP contribution is 2.33. The van der Waals surface area contributed by atoms with Crippen LogP contribution in [0, 0.1) is 6.92 Å². The Morgan fingerprint density at radius 2 is 1.94 bits per heavy atom. The van der Waals surface area contributed by atoms with Gasteiger partial charge in [-0.2, -0.15) is 4.31 Å². The number of aryl methyl sites for hydroxylation is 2. The van der Waals surface area contributed by atoms with Gasteiger partial charge in [0.15, 0.2) is 5.69 Å². The van der Waals surface area contributed by atoms with Crippen LogP contribution in [0.2, 0.25) is 0 Å². The molecule has 2 aliphatic rings. The second-order valence-electron chi connectivity index (χ2n) is 7.86. The number of fused-ring (bicyclic) bond motifs is 1. The molecule has 0 atom stereocenters. The van der Waals surface area contributed by atoms with Crippen molar-refractivity contribution in [3.63, 3.8) is 0 Å². The van der Waals surface area contributed by atoms with Crippen LogP contribution in [0.25, 0.3) is 10.8 Å². The molecule has 2 aromatic heterocycles. The number of sulfonamides is 1. The summed E-state index contributed by atoms with van der Waals surface area (Å²) < 4.78 is 33.2. The number of oxazole rings is 1. The normalized spacial score (nSPS) is 17.1. The average molecular weight is 458 g/mol. The number of hydrogen-bond donors (Lipinski definition) is 0. The van der Waals surface area contributed by atoms with Crippen LogP contribution < -0.4 is 4.90 Å². The topological polar surface area (TPSA) is 83.7 Å². The van der Waals surface area contributed by atoms with E-state index in [1.54, 1.807) is 34.3 Å². The monoisotopic (exact) mass is 457 g/mol. The van der Waals surface area contributed by atoms with Crippen LogP contribution in [0.4, 0.5) is 5.69 Å². The van der Waals surface area contributed by atoms with Crippen molar-refractivity contribution in [2.75, 3.05) is 24.5 Å². The van der Waals surface area contributed by atoms with Gasteiger partial charge in [0.05, 0.1) is 9.77 Å². The standard InChI is InChI=1S/C22H23N3O4S2/c1-15-20(23-21(29-15)19-7-5-13-30-19)22(26)25-12-4-6-16-14-17(8-9-18(16)25)31(27,28)24-10-2-3-11-24/h5,7-9,13-14H,2-4,6,10-12H2,1H3. The van der Waals surface area contributed by atoms with Crippen LogP contribution in [-0.4, -0.2) is 43.2 Å². The quantitative estimate of drug-likeness (QED) is 0.589. The molecule has 1 amide bonds. The SMILES string of the molecule is Cc1oc(-c2cccs2)nc1C(=O)N1CCCc2cc(S(=O)(=O)N3CCCC3)ccc21. The van der Waals surface area contributed by atoms with E-state index in [2.05, 4.69) is 4.98 Å². The molecule has 0 aliphatic carbocycles. The summed E-state index contributed by atoms with van der Waals surface area (Å²) in [5, 5.41) is 1.94. The summed E-state index contributed by atoms with van der Waals surface area (Å²) in [6.45, 7) is 3.45. The number of nitrogens with zero attached hydrogens (tertiary/aromatic N) is 3. The molecule has 0 spiro atoms. The van der Waals surface area contributed by atoms with Crippen molar-refractivity contribution in [3.05, 3.63) is 52.7 Å². The molecule has 9 heteroatoms. The van der Waals surface area contributed by atoms with Gasteiger partial charge in [-0.25, -0.2) is 13.4 Å². The van der Waals surface area contributed by atoms with Gasteiger partial charge in [0.1, 0.15) is 5.76 Å². The summed E-state index contributed by atoms with van der Waals surface area (Å²) in [4.78, 5) is 20.7. The molecule has 162 valence electrons. The molecule has 1 aromatic carbocycles. The lowest BCUT2D eigenvalue weighted by atomic mass is 10.0. The highest BCUT2D eigenvalue weighted by atomic mass is 32.2. The highest BCUT2D eigenvalue weighted by molar-refractivity contribution is 7.89. The van der Waals surface area contributed by atoms with Crippen molar-refractivity contribution in [3.8, 4) is 10.8 Å². The summed E-state index contributed by atoms with van der Waals surface area (Å²) in [6.07, 6.45) is 3.30. The van der Waals surface area contributed by atoms with Gasteiger partial charge in [-0.1, -0.05) is 6.07 Å². The Bertz CT molecular complexity index is 1230. The zero-order chi connectivity index (χ0) is 21.6. The smallest absolute Gasteiger partial charge is 0.280 e. The Hall–Kier alpha value is -2.49. The lowest BCUT2D eigenvalue weighted by Gasteiger charge is -2.29. The molecule has 1 saturated heterocycles. The van der Waals surface area contributed by atoms with Crippen molar-refractivity contribution in [2.45, 2.75) is 37.5 Å². The lowest BCUT2D eigenvalue weighted by Crippen LogP contribution is -2.36. The summed E-state index contributed by atoms with van der Waals surface area (Å²) in [7, 11) is -3.49. The average Bonchev–Trinajstić information content (AvgIpc) is 3.54. The third-order valence-electron chi connectivity index (χ3n) is 5.85. The van der Waals surface area contributed by atoms with E-state index < -0.39 is 10.0 Å². The van der Waals surface area contributed by atoms with Gasteiger partial charge in [-0.3, -0.25) is 4.79 Å². The molecule has 1 fully saturated rings. The zero-order valence-corrected chi connectivity index (χ0v) is 18.8. The van der Waals surface area contributed by atoms with E-state index in [4.69, 9.17) is 4.42 Å². The van der Waals surface area contributed by atoms with E-state index >= 15 is 0 Å². The molecule has 5 rings (SSSR count). The first-order valence-corrected chi connectivity index (χ1v) is 12.7. The minimum absolute atomic E-state index is 0.222. The predicted octanol–water partition coefficient (Wildman–Crippen LogP) is 4.09. The number of carbonyl (C=O) groups excluding carboxylic acids is 1. The molecule has 7 nitrogen and oxygen atoms in total. The second kappa shape index (κ2) is 7.89. The third-order valence-corrected chi connectivity index (χ3v) is 8.60. The molecule has 0 bridgehead atoms. The van der Waals surface area contributed by atoms with Gasteiger partial charge in [0.2, 0.25) is 15.9 Å². The first-order valence-electron chi connectivity index (χ1n) is 10.4. The number of anilines is 1. The first kappa shape index (κ1) is 20.4. The predicted molar refractivity (Wildman–Crippen MR) is 119 cm³/mol. The van der Waals surface area contributed by atoms with Gasteiger partial charge in [-0.05, 0) is 67.8 Å². The fraction of sp³-hybridized carbons (Fsp3) is 0.364. The van der Waals surface area contributed by atoms with E-state index in [1.165, 1.54) is 11.3 Å². The first-order chi connectivity index (χ1) is 14.9. The molecule has 31 heavy (non-hydrogen) atoms. The van der Waals surface area contributed by atoms with E-state index in [0.29, 0.717) is 41.9 Å². The maximum atomic E-state index is 13.3. The van der Waals surface area contributed by atoms with Crippen LogP contribution in [0.5, 0.6) is 0 Å². The molecule has 4 heterocycles. The number of thiophene rings is 1. The molecule has 0 unspecified atom stereocenters. The number of benzene rings is 1. The van der Waals surface area contributed by atoms with Gasteiger partial charge in [0.25, 0.3) is 5.91 Å². The van der Waals surface area contributed by atoms with Crippen LogP contribution >= 0.6 is 11.3 Å². The minimum atomic E-state index is -3.49. The van der Waals surface area contributed by atoms with Gasteiger partial charge in [-0.15, -0.1) is 11.3 Å². The van der Waals surface area contributed by atoms with Crippen molar-refractivity contribution in [1.82, 2.24) is 9.29 Å². The molecule has 0 radical (unpaired) electrons. The van der Waals surface area contributed by atoms with Crippen LogP contribution in [0.1, 0.15) is 41.1 Å². The van der Waals surface area contributed by atoms with E-state index in [0.717, 1.165) is 41.8 Å². The Kier molecular flexibility index (Phi) is 5.19. The Morgan fingerprint density at radius 3 is 2.68 bits per heavy atom. The maximum absolute atomic E-state index is 13.3. The minimum Gasteiger partial charge on any atom is -0.440 e. The third kappa shape index (κ3) is 3.60. The van der Waals surface area contributed by atoms with Crippen molar-refractivity contribution >= 4 is 33.0 Å². The highest BCUT2D eigenvalue weighted by Gasteiger charge is 2.31. The molecular weight excluding hydrogens is 434 g/mol. The summed E-state index contributed by atoms with van der Waals surface area (Å²) in [5.74, 6) is 0.703. The fourth-order valence-corrected chi connectivity index (χ4v) is 6.47. The fourth-order valence-electron chi connectivity index (χ4n) is 4.25. The number of carbonyl (C=O) groups is 1. The maximum Gasteiger partial charge on any atom is 0.280 e. The Balaban J connectivity index is 1.46. The van der Waals surface area contributed by atoms with Crippen LogP contribution in [0.3, 0.4) is 0 Å². The number of aromatic nitrogens is 1. The molecule has 3 aromatic rings. The second-order valence-corrected chi connectivity index (χ2v) is 10.7. The summed E-state index contributed by atoms with van der Waals surface area (Å²) in [5.41, 5.74) is 1.92. The van der Waals surface area contributed by atoms with Crippen molar-refractivity contribution in [1.29, 1.82) is 0 Å². The Morgan fingerprint density at radius 1 is 1.13 bits per heavy atom. The lowest BCUT2D eigenvalue weighted by molar-refractivity contribution is 0.0979. The van der Waals surface area contributed by atoms with Crippen LogP contribution in [-0.2, 0) is 16.4 Å². The number of amides is 1. The van der Waals surface area contributed by atoms with Crippen molar-refractivity contribution < 1.29 is 17.6 Å². The number of hydrogen-bond acceptors (Lipinski definition) is 6. The zero-order valence-electron chi connectivity index (χ0n) is 17.2. The Labute approximate surface area is 185 Å². The molecule has 0 N–H and O–H groups in total. The molecule has 2 aliphatic heterocycles. The summed E-state index contributed by atoms with van der Waals surface area (Å²) in [6, 6.07) is 8.92. The largest absolute Gasteiger partial charge is 0.440 e.